The number of likely N-dealkylation sites (tertiary alicyclic amines) is 1. The first-order valence-corrected chi connectivity index (χ1v) is 10.2. The Morgan fingerprint density at radius 2 is 1.93 bits per heavy atom. The van der Waals surface area contributed by atoms with Gasteiger partial charge in [0.2, 0.25) is 5.91 Å². The second-order valence-electron chi connectivity index (χ2n) is 7.60. The molecule has 0 bridgehead atoms. The Hall–Kier alpha value is -1.38. The number of nitrogens with zero attached hydrogens (tertiary/aromatic N) is 2. The zero-order chi connectivity index (χ0) is 19.1. The summed E-state index contributed by atoms with van der Waals surface area (Å²) in [5.74, 6) is 2.17. The Kier molecular flexibility index (Phi) is 9.47. The monoisotopic (exact) mass is 502 g/mol. The fourth-order valence-electron chi connectivity index (χ4n) is 4.26. The highest BCUT2D eigenvalue weighted by atomic mass is 127. The van der Waals surface area contributed by atoms with Gasteiger partial charge in [0.25, 0.3) is 0 Å². The van der Waals surface area contributed by atoms with Crippen LogP contribution in [0.25, 0.3) is 0 Å². The average molecular weight is 502 g/mol. The Labute approximate surface area is 184 Å². The second-order valence-corrected chi connectivity index (χ2v) is 7.60. The number of rotatable bonds is 6. The van der Waals surface area contributed by atoms with E-state index in [0.29, 0.717) is 18.7 Å². The first kappa shape index (κ1) is 22.9. The van der Waals surface area contributed by atoms with E-state index in [2.05, 4.69) is 22.5 Å². The summed E-state index contributed by atoms with van der Waals surface area (Å²) in [5.41, 5.74) is 0.684. The van der Waals surface area contributed by atoms with Crippen molar-refractivity contribution in [2.45, 2.75) is 39.0 Å². The van der Waals surface area contributed by atoms with Crippen LogP contribution in [0.1, 0.15) is 38.2 Å². The van der Waals surface area contributed by atoms with E-state index >= 15 is 0 Å². The Bertz CT molecular complexity index is 656. The molecule has 2 unspecified atom stereocenters. The molecule has 1 aliphatic heterocycles. The molecule has 1 saturated carbocycles. The van der Waals surface area contributed by atoms with Crippen LogP contribution in [0.5, 0.6) is 0 Å². The van der Waals surface area contributed by atoms with Crippen LogP contribution in [0, 0.1) is 17.7 Å². The van der Waals surface area contributed by atoms with Crippen molar-refractivity contribution in [1.82, 2.24) is 15.5 Å². The molecule has 2 N–H and O–H groups in total. The van der Waals surface area contributed by atoms with Crippen LogP contribution in [0.4, 0.5) is 4.39 Å². The van der Waals surface area contributed by atoms with E-state index < -0.39 is 0 Å². The second kappa shape index (κ2) is 11.6. The largest absolute Gasteiger partial charge is 0.357 e. The maximum atomic E-state index is 13.2. The van der Waals surface area contributed by atoms with Crippen LogP contribution < -0.4 is 10.6 Å². The molecule has 28 heavy (non-hydrogen) atoms. The molecule has 1 heterocycles. The summed E-state index contributed by atoms with van der Waals surface area (Å²) >= 11 is 0. The SMILES string of the molecule is CCNC(=NCCNC(=O)Cc1cccc(F)c1)N1CC2CCCCC2C1.I. The number of halogens is 2. The molecule has 0 spiro atoms. The maximum Gasteiger partial charge on any atom is 0.224 e. The zero-order valence-electron chi connectivity index (χ0n) is 16.6. The van der Waals surface area contributed by atoms with Crippen molar-refractivity contribution in [3.05, 3.63) is 35.6 Å². The molecule has 156 valence electrons. The quantitative estimate of drug-likeness (QED) is 0.272. The van der Waals surface area contributed by atoms with Crippen molar-refractivity contribution < 1.29 is 9.18 Å². The van der Waals surface area contributed by atoms with Gasteiger partial charge in [-0.25, -0.2) is 4.39 Å². The van der Waals surface area contributed by atoms with Crippen LogP contribution in [-0.4, -0.2) is 49.5 Å². The van der Waals surface area contributed by atoms with E-state index in [9.17, 15) is 9.18 Å². The minimum absolute atomic E-state index is 0. The predicted molar refractivity (Wildman–Crippen MR) is 122 cm³/mol. The van der Waals surface area contributed by atoms with Gasteiger partial charge in [-0.1, -0.05) is 25.0 Å². The third-order valence-corrected chi connectivity index (χ3v) is 5.56. The third kappa shape index (κ3) is 6.60. The zero-order valence-corrected chi connectivity index (χ0v) is 19.0. The minimum Gasteiger partial charge on any atom is -0.357 e. The van der Waals surface area contributed by atoms with Gasteiger partial charge in [0.05, 0.1) is 13.0 Å². The number of aliphatic imine (C=N–C) groups is 1. The molecule has 1 aromatic carbocycles. The fraction of sp³-hybridized carbons (Fsp3) is 0.619. The van der Waals surface area contributed by atoms with E-state index in [4.69, 9.17) is 4.99 Å². The number of hydrogen-bond donors (Lipinski definition) is 2. The topological polar surface area (TPSA) is 56.7 Å². The molecule has 5 nitrogen and oxygen atoms in total. The first-order valence-electron chi connectivity index (χ1n) is 10.2. The summed E-state index contributed by atoms with van der Waals surface area (Å²) in [5, 5.41) is 6.26. The lowest BCUT2D eigenvalue weighted by atomic mass is 9.82. The Balaban J connectivity index is 0.00000280. The molecule has 3 rings (SSSR count). The van der Waals surface area contributed by atoms with Crippen molar-refractivity contribution in [2.75, 3.05) is 32.7 Å². The maximum absolute atomic E-state index is 13.2. The predicted octanol–water partition coefficient (Wildman–Crippen LogP) is 3.19. The van der Waals surface area contributed by atoms with Gasteiger partial charge in [0.1, 0.15) is 5.82 Å². The molecule has 1 amide bonds. The fourth-order valence-corrected chi connectivity index (χ4v) is 4.26. The van der Waals surface area contributed by atoms with Crippen molar-refractivity contribution >= 4 is 35.8 Å². The van der Waals surface area contributed by atoms with Gasteiger partial charge < -0.3 is 15.5 Å². The number of guanidine groups is 1. The molecule has 2 fully saturated rings. The van der Waals surface area contributed by atoms with Crippen molar-refractivity contribution in [3.8, 4) is 0 Å². The highest BCUT2D eigenvalue weighted by Gasteiger charge is 2.35. The number of amides is 1. The number of benzene rings is 1. The third-order valence-electron chi connectivity index (χ3n) is 5.56. The van der Waals surface area contributed by atoms with Gasteiger partial charge in [-0.15, -0.1) is 24.0 Å². The molecular weight excluding hydrogens is 470 g/mol. The highest BCUT2D eigenvalue weighted by molar-refractivity contribution is 14.0. The van der Waals surface area contributed by atoms with Gasteiger partial charge in [0, 0.05) is 26.2 Å². The average Bonchev–Trinajstić information content (AvgIpc) is 3.08. The molecule has 2 aliphatic rings. The summed E-state index contributed by atoms with van der Waals surface area (Å²) in [4.78, 5) is 19.1. The van der Waals surface area contributed by atoms with E-state index in [1.165, 1.54) is 37.8 Å². The number of hydrogen-bond acceptors (Lipinski definition) is 2. The van der Waals surface area contributed by atoms with Gasteiger partial charge >= 0.3 is 0 Å². The van der Waals surface area contributed by atoms with Gasteiger partial charge in [-0.2, -0.15) is 0 Å². The Morgan fingerprint density at radius 1 is 1.21 bits per heavy atom. The standard InChI is InChI=1S/C21H31FN4O.HI/c1-2-23-21(26-14-17-7-3-4-8-18(17)15-26)25-11-10-24-20(27)13-16-6-5-9-19(22)12-16;/h5-6,9,12,17-18H,2-4,7-8,10-11,13-15H2,1H3,(H,23,25)(H,24,27);1H. The van der Waals surface area contributed by atoms with E-state index in [-0.39, 0.29) is 42.1 Å². The van der Waals surface area contributed by atoms with Crippen LogP contribution in [0.3, 0.4) is 0 Å². The Morgan fingerprint density at radius 3 is 2.57 bits per heavy atom. The van der Waals surface area contributed by atoms with Crippen molar-refractivity contribution in [2.24, 2.45) is 16.8 Å². The summed E-state index contributed by atoms with van der Waals surface area (Å²) in [6, 6.07) is 6.16. The van der Waals surface area contributed by atoms with Crippen LogP contribution >= 0.6 is 24.0 Å². The summed E-state index contributed by atoms with van der Waals surface area (Å²) in [6.07, 6.45) is 5.60. The van der Waals surface area contributed by atoms with Gasteiger partial charge in [-0.05, 0) is 49.3 Å². The number of nitrogens with one attached hydrogen (secondary N) is 2. The summed E-state index contributed by atoms with van der Waals surface area (Å²) < 4.78 is 13.2. The molecule has 0 aromatic heterocycles. The smallest absolute Gasteiger partial charge is 0.224 e. The number of carbonyl (C=O) groups excluding carboxylic acids is 1. The lowest BCUT2D eigenvalue weighted by molar-refractivity contribution is -0.120. The van der Waals surface area contributed by atoms with E-state index in [1.54, 1.807) is 12.1 Å². The molecule has 2 atom stereocenters. The molecule has 1 saturated heterocycles. The van der Waals surface area contributed by atoms with Crippen LogP contribution in [-0.2, 0) is 11.2 Å². The highest BCUT2D eigenvalue weighted by Crippen LogP contribution is 2.35. The molecule has 7 heteroatoms. The van der Waals surface area contributed by atoms with Crippen molar-refractivity contribution in [3.63, 3.8) is 0 Å². The molecule has 0 radical (unpaired) electrons. The van der Waals surface area contributed by atoms with E-state index in [0.717, 1.165) is 37.4 Å². The minimum atomic E-state index is -0.314. The van der Waals surface area contributed by atoms with Crippen LogP contribution in [0.15, 0.2) is 29.3 Å². The van der Waals surface area contributed by atoms with Gasteiger partial charge in [-0.3, -0.25) is 9.79 Å². The lowest BCUT2D eigenvalue weighted by Gasteiger charge is -2.22. The molecule has 1 aromatic rings. The summed E-state index contributed by atoms with van der Waals surface area (Å²) in [7, 11) is 0. The number of fused-ring (bicyclic) bond motifs is 1. The molecule has 1 aliphatic carbocycles. The molecular formula is C21H32FIN4O. The van der Waals surface area contributed by atoms with Crippen LogP contribution in [0.2, 0.25) is 0 Å². The number of carbonyl (C=O) groups is 1. The summed E-state index contributed by atoms with van der Waals surface area (Å²) in [6.45, 7) is 6.16. The normalized spacial score (nSPS) is 21.6. The van der Waals surface area contributed by atoms with E-state index in [1.807, 2.05) is 0 Å². The van der Waals surface area contributed by atoms with Gasteiger partial charge in [0.15, 0.2) is 5.96 Å². The van der Waals surface area contributed by atoms with Crippen molar-refractivity contribution in [1.29, 1.82) is 0 Å². The lowest BCUT2D eigenvalue weighted by Crippen LogP contribution is -2.41. The first-order chi connectivity index (χ1) is 13.2.